The van der Waals surface area contributed by atoms with Crippen molar-refractivity contribution in [2.24, 2.45) is 4.99 Å². The predicted octanol–water partition coefficient (Wildman–Crippen LogP) is 3.71. The maximum absolute atomic E-state index is 5.77. The van der Waals surface area contributed by atoms with E-state index in [4.69, 9.17) is 11.6 Å². The molecule has 0 radical (unpaired) electrons. The first-order valence-corrected chi connectivity index (χ1v) is 4.54. The van der Waals surface area contributed by atoms with Crippen LogP contribution in [0.25, 0.3) is 5.03 Å². The lowest BCUT2D eigenvalue weighted by Gasteiger charge is -1.95. The number of aromatic nitrogens is 1. The van der Waals surface area contributed by atoms with E-state index in [1.54, 1.807) is 12.4 Å². The minimum Gasteiger partial charge on any atom is -0.345 e. The van der Waals surface area contributed by atoms with Crippen molar-refractivity contribution >= 4 is 44.6 Å². The van der Waals surface area contributed by atoms with Crippen LogP contribution in [0.1, 0.15) is 12.5 Å². The topological polar surface area (TPSA) is 28.1 Å². The Kier molecular flexibility index (Phi) is 3.12. The Bertz CT molecular complexity index is 328. The maximum atomic E-state index is 5.77. The number of halogens is 2. The first-order valence-electron chi connectivity index (χ1n) is 3.37. The molecule has 64 valence electrons. The molecule has 0 unspecified atom stereocenters. The summed E-state index contributed by atoms with van der Waals surface area (Å²) in [6.07, 6.45) is 3.48. The molecule has 0 saturated heterocycles. The van der Waals surface area contributed by atoms with Gasteiger partial charge in [0, 0.05) is 21.9 Å². The van der Waals surface area contributed by atoms with Crippen LogP contribution in [0, 0.1) is 0 Å². The Morgan fingerprint density at radius 2 is 2.50 bits per heavy atom. The zero-order valence-corrected chi connectivity index (χ0v) is 8.91. The monoisotopic (exact) mass is 246 g/mol. The maximum Gasteiger partial charge on any atom is 0.139 e. The minimum atomic E-state index is 0.476. The van der Waals surface area contributed by atoms with E-state index in [9.17, 15) is 0 Å². The lowest BCUT2D eigenvalue weighted by molar-refractivity contribution is 1.34. The van der Waals surface area contributed by atoms with Gasteiger partial charge in [0.05, 0.1) is 5.56 Å². The van der Waals surface area contributed by atoms with Crippen molar-refractivity contribution < 1.29 is 0 Å². The molecule has 0 saturated carbocycles. The summed E-state index contributed by atoms with van der Waals surface area (Å²) in [5, 5.41) is 0.476. The number of hydrogen-bond acceptors (Lipinski definition) is 1. The van der Waals surface area contributed by atoms with Crippen LogP contribution in [0.15, 0.2) is 22.2 Å². The Balaban J connectivity index is 3.21. The zero-order valence-electron chi connectivity index (χ0n) is 6.56. The summed E-state index contributed by atoms with van der Waals surface area (Å²) >= 11 is 9.11. The first kappa shape index (κ1) is 9.55. The molecule has 0 aliphatic heterocycles. The molecular weight excluding hydrogens is 239 g/mol. The quantitative estimate of drug-likeness (QED) is 0.772. The molecule has 0 aromatic carbocycles. The summed E-state index contributed by atoms with van der Waals surface area (Å²) in [5.74, 6) is 0.726. The average Bonchev–Trinajstić information content (AvgIpc) is 2.32. The molecule has 0 aliphatic carbocycles. The fourth-order valence-electron chi connectivity index (χ4n) is 0.878. The van der Waals surface area contributed by atoms with Crippen LogP contribution in [0.4, 0.5) is 5.82 Å². The van der Waals surface area contributed by atoms with E-state index in [-0.39, 0.29) is 0 Å². The van der Waals surface area contributed by atoms with Gasteiger partial charge in [-0.3, -0.25) is 0 Å². The van der Waals surface area contributed by atoms with Crippen molar-refractivity contribution in [1.29, 1.82) is 0 Å². The van der Waals surface area contributed by atoms with E-state index >= 15 is 0 Å². The summed E-state index contributed by atoms with van der Waals surface area (Å²) in [6, 6.07) is 0. The second-order valence-electron chi connectivity index (χ2n) is 2.15. The summed E-state index contributed by atoms with van der Waals surface area (Å²) in [7, 11) is 0. The van der Waals surface area contributed by atoms with Crippen LogP contribution in [0.3, 0.4) is 0 Å². The first-order chi connectivity index (χ1) is 5.66. The Morgan fingerprint density at radius 3 is 3.00 bits per heavy atom. The molecule has 0 aliphatic rings. The van der Waals surface area contributed by atoms with Gasteiger partial charge in [-0.25, -0.2) is 4.99 Å². The predicted molar refractivity (Wildman–Crippen MR) is 57.2 cm³/mol. The summed E-state index contributed by atoms with van der Waals surface area (Å²) in [4.78, 5) is 7.06. The lowest BCUT2D eigenvalue weighted by atomic mass is 10.3. The molecule has 4 heteroatoms. The van der Waals surface area contributed by atoms with Gasteiger partial charge >= 0.3 is 0 Å². The van der Waals surface area contributed by atoms with Gasteiger partial charge in [0.25, 0.3) is 0 Å². The van der Waals surface area contributed by atoms with Crippen molar-refractivity contribution in [2.45, 2.75) is 6.92 Å². The van der Waals surface area contributed by atoms with Crippen molar-refractivity contribution in [1.82, 2.24) is 4.98 Å². The van der Waals surface area contributed by atoms with Crippen molar-refractivity contribution in [3.8, 4) is 0 Å². The Morgan fingerprint density at radius 1 is 1.83 bits per heavy atom. The molecule has 1 rings (SSSR count). The van der Waals surface area contributed by atoms with E-state index in [1.165, 1.54) is 0 Å². The SMILES string of the molecule is C=C(Cl)c1c(Br)c[nH]c1N=CC. The van der Waals surface area contributed by atoms with Gasteiger partial charge in [-0.1, -0.05) is 18.2 Å². The van der Waals surface area contributed by atoms with Gasteiger partial charge in [-0.15, -0.1) is 0 Å². The highest BCUT2D eigenvalue weighted by atomic mass is 79.9. The van der Waals surface area contributed by atoms with Crippen molar-refractivity contribution in [2.75, 3.05) is 0 Å². The van der Waals surface area contributed by atoms with E-state index in [0.29, 0.717) is 5.03 Å². The number of hydrogen-bond donors (Lipinski definition) is 1. The molecule has 0 spiro atoms. The normalized spacial score (nSPS) is 10.9. The smallest absolute Gasteiger partial charge is 0.139 e. The number of rotatable bonds is 2. The number of aliphatic imine (C=N–C) groups is 1. The van der Waals surface area contributed by atoms with E-state index in [0.717, 1.165) is 15.9 Å². The Hall–Kier alpha value is -0.540. The average molecular weight is 248 g/mol. The largest absolute Gasteiger partial charge is 0.345 e. The standard InChI is InChI=1S/C8H8BrClN2/c1-3-11-8-7(5(2)10)6(9)4-12-8/h3-4,12H,2H2,1H3. The highest BCUT2D eigenvalue weighted by molar-refractivity contribution is 9.10. The summed E-state index contributed by atoms with van der Waals surface area (Å²) < 4.78 is 0.878. The third kappa shape index (κ3) is 1.79. The molecule has 0 atom stereocenters. The van der Waals surface area contributed by atoms with E-state index < -0.39 is 0 Å². The lowest BCUT2D eigenvalue weighted by Crippen LogP contribution is -1.73. The van der Waals surface area contributed by atoms with Gasteiger partial charge in [-0.2, -0.15) is 0 Å². The highest BCUT2D eigenvalue weighted by Gasteiger charge is 2.09. The zero-order chi connectivity index (χ0) is 9.14. The van der Waals surface area contributed by atoms with Crippen LogP contribution in [0.2, 0.25) is 0 Å². The molecule has 0 fully saturated rings. The van der Waals surface area contributed by atoms with Crippen LogP contribution in [0.5, 0.6) is 0 Å². The molecule has 0 bridgehead atoms. The van der Waals surface area contributed by atoms with Crippen LogP contribution in [-0.2, 0) is 0 Å². The third-order valence-corrected chi connectivity index (χ3v) is 2.16. The van der Waals surface area contributed by atoms with Crippen LogP contribution < -0.4 is 0 Å². The van der Waals surface area contributed by atoms with Crippen molar-refractivity contribution in [3.63, 3.8) is 0 Å². The fourth-order valence-corrected chi connectivity index (χ4v) is 1.73. The van der Waals surface area contributed by atoms with Crippen LogP contribution >= 0.6 is 27.5 Å². The second kappa shape index (κ2) is 3.92. The third-order valence-electron chi connectivity index (χ3n) is 1.34. The van der Waals surface area contributed by atoms with Gasteiger partial charge in [0.2, 0.25) is 0 Å². The fraction of sp³-hybridized carbons (Fsp3) is 0.125. The molecule has 0 amide bonds. The number of H-pyrrole nitrogens is 1. The summed E-state index contributed by atoms with van der Waals surface area (Å²) in [5.41, 5.74) is 0.815. The molecule has 1 aromatic heterocycles. The number of nitrogens with one attached hydrogen (secondary N) is 1. The number of aromatic amines is 1. The molecule has 1 N–H and O–H groups in total. The minimum absolute atomic E-state index is 0.476. The Labute approximate surface area is 84.5 Å². The van der Waals surface area contributed by atoms with Crippen molar-refractivity contribution in [3.05, 3.63) is 22.8 Å². The summed E-state index contributed by atoms with van der Waals surface area (Å²) in [6.45, 7) is 5.49. The molecular formula is C8H8BrClN2. The number of nitrogens with zero attached hydrogens (tertiary/aromatic N) is 1. The molecule has 12 heavy (non-hydrogen) atoms. The van der Waals surface area contributed by atoms with Crippen LogP contribution in [-0.4, -0.2) is 11.2 Å². The van der Waals surface area contributed by atoms with E-state index in [1.807, 2.05) is 6.92 Å². The van der Waals surface area contributed by atoms with Gasteiger partial charge in [0.1, 0.15) is 5.82 Å². The highest BCUT2D eigenvalue weighted by Crippen LogP contribution is 2.33. The van der Waals surface area contributed by atoms with Gasteiger partial charge in [-0.05, 0) is 22.9 Å². The molecule has 1 aromatic rings. The van der Waals surface area contributed by atoms with E-state index in [2.05, 4.69) is 32.5 Å². The molecule has 1 heterocycles. The van der Waals surface area contributed by atoms with Gasteiger partial charge in [0.15, 0.2) is 0 Å². The second-order valence-corrected chi connectivity index (χ2v) is 3.46. The molecule has 2 nitrogen and oxygen atoms in total. The van der Waals surface area contributed by atoms with Gasteiger partial charge < -0.3 is 4.98 Å².